The number of benzene rings is 3. The minimum Gasteiger partial charge on any atom is -0.342 e. The number of anilines is 1. The summed E-state index contributed by atoms with van der Waals surface area (Å²) in [6, 6.07) is 20.1. The topological polar surface area (TPSA) is 71.1 Å². The highest BCUT2D eigenvalue weighted by Crippen LogP contribution is 2.33. The van der Waals surface area contributed by atoms with E-state index in [1.165, 1.54) is 11.3 Å². The Morgan fingerprint density at radius 1 is 0.818 bits per heavy atom. The number of thiazole rings is 1. The van der Waals surface area contributed by atoms with E-state index < -0.39 is 41.5 Å². The number of nitrogens with zero attached hydrogens (tertiary/aromatic N) is 1. The van der Waals surface area contributed by atoms with Crippen molar-refractivity contribution in [2.24, 2.45) is 0 Å². The summed E-state index contributed by atoms with van der Waals surface area (Å²) in [6.07, 6.45) is 0. The molecule has 4 rings (SSSR count). The fraction of sp³-hybridized carbons (Fsp3) is 0.0417. The molecule has 3 aromatic carbocycles. The van der Waals surface area contributed by atoms with Crippen LogP contribution in [0.2, 0.25) is 0 Å². The van der Waals surface area contributed by atoms with E-state index in [1.54, 1.807) is 0 Å². The lowest BCUT2D eigenvalue weighted by atomic mass is 10.1. The van der Waals surface area contributed by atoms with Gasteiger partial charge >= 0.3 is 0 Å². The molecule has 2 amide bonds. The van der Waals surface area contributed by atoms with Gasteiger partial charge in [0.05, 0.1) is 17.9 Å². The van der Waals surface area contributed by atoms with E-state index in [0.717, 1.165) is 17.2 Å². The number of carbonyl (C=O) groups excluding carboxylic acids is 2. The molecule has 2 N–H and O–H groups in total. The average Bonchev–Trinajstić information content (AvgIpc) is 3.30. The second kappa shape index (κ2) is 9.66. The molecule has 0 unspecified atom stereocenters. The Bertz CT molecular complexity index is 1310. The first-order chi connectivity index (χ1) is 15.9. The van der Waals surface area contributed by atoms with Crippen LogP contribution in [0.25, 0.3) is 21.8 Å². The molecule has 4 aromatic rings. The number of rotatable bonds is 6. The van der Waals surface area contributed by atoms with Gasteiger partial charge in [-0.05, 0) is 12.1 Å². The molecule has 0 saturated carbocycles. The summed E-state index contributed by atoms with van der Waals surface area (Å²) in [5.41, 5.74) is 1.51. The Kier molecular flexibility index (Phi) is 6.50. The Labute approximate surface area is 190 Å². The van der Waals surface area contributed by atoms with Gasteiger partial charge in [-0.2, -0.15) is 0 Å². The molecule has 0 fully saturated rings. The summed E-state index contributed by atoms with van der Waals surface area (Å²) in [7, 11) is 0. The first kappa shape index (κ1) is 22.2. The van der Waals surface area contributed by atoms with Crippen molar-refractivity contribution in [2.75, 3.05) is 11.9 Å². The zero-order valence-corrected chi connectivity index (χ0v) is 17.8. The van der Waals surface area contributed by atoms with Gasteiger partial charge in [-0.1, -0.05) is 60.7 Å². The van der Waals surface area contributed by atoms with E-state index in [4.69, 9.17) is 0 Å². The molecule has 0 spiro atoms. The molecule has 0 aliphatic rings. The Hall–Kier alpha value is -3.98. The van der Waals surface area contributed by atoms with Crippen molar-refractivity contribution in [3.05, 3.63) is 95.1 Å². The van der Waals surface area contributed by atoms with E-state index in [1.807, 2.05) is 60.7 Å². The molecule has 0 aliphatic carbocycles. The lowest BCUT2D eigenvalue weighted by Gasteiger charge is -2.08. The van der Waals surface area contributed by atoms with Gasteiger partial charge in [0.2, 0.25) is 5.91 Å². The Balaban J connectivity index is 1.53. The third kappa shape index (κ3) is 4.93. The lowest BCUT2D eigenvalue weighted by molar-refractivity contribution is -0.115. The molecule has 1 heterocycles. The van der Waals surface area contributed by atoms with Gasteiger partial charge in [-0.25, -0.2) is 18.2 Å². The standard InChI is InChI=1S/C24H16F3N3O2S/c25-16-11-12-17(20(27)19(16)26)29-18(31)13-28-23(32)22-21(14-7-3-1-4-8-14)30-24(33-22)15-9-5-2-6-10-15/h1-12H,13H2,(H,28,32)(H,29,31). The van der Waals surface area contributed by atoms with Crippen molar-refractivity contribution in [1.29, 1.82) is 0 Å². The molecule has 33 heavy (non-hydrogen) atoms. The summed E-state index contributed by atoms with van der Waals surface area (Å²) >= 11 is 1.17. The minimum atomic E-state index is -1.69. The van der Waals surface area contributed by atoms with Crippen LogP contribution in [0.3, 0.4) is 0 Å². The first-order valence-corrected chi connectivity index (χ1v) is 10.6. The number of hydrogen-bond acceptors (Lipinski definition) is 4. The van der Waals surface area contributed by atoms with Crippen LogP contribution in [0.5, 0.6) is 0 Å². The lowest BCUT2D eigenvalue weighted by Crippen LogP contribution is -2.33. The molecule has 0 saturated heterocycles. The highest BCUT2D eigenvalue weighted by atomic mass is 32.1. The zero-order chi connectivity index (χ0) is 23.4. The van der Waals surface area contributed by atoms with Crippen LogP contribution < -0.4 is 10.6 Å². The maximum atomic E-state index is 13.8. The van der Waals surface area contributed by atoms with E-state index in [-0.39, 0.29) is 0 Å². The van der Waals surface area contributed by atoms with E-state index in [0.29, 0.717) is 21.6 Å². The first-order valence-electron chi connectivity index (χ1n) is 9.77. The highest BCUT2D eigenvalue weighted by molar-refractivity contribution is 7.17. The molecule has 9 heteroatoms. The summed E-state index contributed by atoms with van der Waals surface area (Å²) < 4.78 is 40.2. The summed E-state index contributed by atoms with van der Waals surface area (Å²) in [6.45, 7) is -0.510. The van der Waals surface area contributed by atoms with Crippen molar-refractivity contribution in [2.45, 2.75) is 0 Å². The predicted octanol–water partition coefficient (Wildman–Crippen LogP) is 5.26. The van der Waals surface area contributed by atoms with Crippen molar-refractivity contribution >= 4 is 28.8 Å². The SMILES string of the molecule is O=C(CNC(=O)c1sc(-c2ccccc2)nc1-c1ccccc1)Nc1ccc(F)c(F)c1F. The molecule has 0 radical (unpaired) electrons. The van der Waals surface area contributed by atoms with Crippen LogP contribution >= 0.6 is 11.3 Å². The van der Waals surface area contributed by atoms with Crippen molar-refractivity contribution < 1.29 is 22.8 Å². The summed E-state index contributed by atoms with van der Waals surface area (Å²) in [5.74, 6) is -5.93. The number of amides is 2. The monoisotopic (exact) mass is 467 g/mol. The number of carbonyl (C=O) groups is 2. The number of hydrogen-bond donors (Lipinski definition) is 2. The van der Waals surface area contributed by atoms with Gasteiger partial charge in [0.15, 0.2) is 17.5 Å². The quantitative estimate of drug-likeness (QED) is 0.380. The van der Waals surface area contributed by atoms with Crippen molar-refractivity contribution in [3.8, 4) is 21.8 Å². The number of aromatic nitrogens is 1. The minimum absolute atomic E-state index is 0.298. The van der Waals surface area contributed by atoms with Gasteiger partial charge in [0, 0.05) is 11.1 Å². The fourth-order valence-electron chi connectivity index (χ4n) is 3.03. The van der Waals surface area contributed by atoms with Crippen LogP contribution in [-0.2, 0) is 4.79 Å². The van der Waals surface area contributed by atoms with E-state index in [9.17, 15) is 22.8 Å². The molecule has 1 aromatic heterocycles. The molecule has 0 bridgehead atoms. The summed E-state index contributed by atoms with van der Waals surface area (Å²) in [4.78, 5) is 30.0. The van der Waals surface area contributed by atoms with Crippen LogP contribution in [0.1, 0.15) is 9.67 Å². The van der Waals surface area contributed by atoms with Crippen molar-refractivity contribution in [3.63, 3.8) is 0 Å². The Morgan fingerprint density at radius 3 is 2.12 bits per heavy atom. The molecular weight excluding hydrogens is 451 g/mol. The zero-order valence-electron chi connectivity index (χ0n) is 16.9. The summed E-state index contributed by atoms with van der Waals surface area (Å²) in [5, 5.41) is 5.22. The normalized spacial score (nSPS) is 10.6. The molecule has 166 valence electrons. The van der Waals surface area contributed by atoms with Crippen LogP contribution in [-0.4, -0.2) is 23.3 Å². The molecule has 5 nitrogen and oxygen atoms in total. The van der Waals surface area contributed by atoms with E-state index in [2.05, 4.69) is 15.6 Å². The van der Waals surface area contributed by atoms with Gasteiger partial charge < -0.3 is 10.6 Å². The van der Waals surface area contributed by atoms with Crippen LogP contribution in [0.4, 0.5) is 18.9 Å². The van der Waals surface area contributed by atoms with Gasteiger partial charge in [0.1, 0.15) is 9.88 Å². The maximum Gasteiger partial charge on any atom is 0.264 e. The van der Waals surface area contributed by atoms with Crippen LogP contribution in [0, 0.1) is 17.5 Å². The second-order valence-electron chi connectivity index (χ2n) is 6.88. The van der Waals surface area contributed by atoms with E-state index >= 15 is 0 Å². The molecular formula is C24H16F3N3O2S. The average molecular weight is 467 g/mol. The second-order valence-corrected chi connectivity index (χ2v) is 7.88. The fourth-order valence-corrected chi connectivity index (χ4v) is 4.04. The predicted molar refractivity (Wildman–Crippen MR) is 120 cm³/mol. The largest absolute Gasteiger partial charge is 0.342 e. The third-order valence-electron chi connectivity index (χ3n) is 4.62. The number of nitrogens with one attached hydrogen (secondary N) is 2. The van der Waals surface area contributed by atoms with Gasteiger partial charge in [-0.3, -0.25) is 9.59 Å². The van der Waals surface area contributed by atoms with Crippen molar-refractivity contribution in [1.82, 2.24) is 10.3 Å². The molecule has 0 atom stereocenters. The van der Waals surface area contributed by atoms with Crippen LogP contribution in [0.15, 0.2) is 72.8 Å². The Morgan fingerprint density at radius 2 is 1.45 bits per heavy atom. The van der Waals surface area contributed by atoms with Gasteiger partial charge in [-0.15, -0.1) is 11.3 Å². The molecule has 0 aliphatic heterocycles. The number of halogens is 3. The highest BCUT2D eigenvalue weighted by Gasteiger charge is 2.21. The maximum absolute atomic E-state index is 13.8. The third-order valence-corrected chi connectivity index (χ3v) is 5.72. The smallest absolute Gasteiger partial charge is 0.264 e. The van der Waals surface area contributed by atoms with Gasteiger partial charge in [0.25, 0.3) is 5.91 Å².